The van der Waals surface area contributed by atoms with Crippen LogP contribution in [0.5, 0.6) is 17.2 Å². The molecule has 9 nitrogen and oxygen atoms in total. The lowest BCUT2D eigenvalue weighted by Crippen LogP contribution is -2.41. The van der Waals surface area contributed by atoms with Gasteiger partial charge in [0.2, 0.25) is 0 Å². The maximum atomic E-state index is 14.3. The number of carbonyl (C=O) groups excluding carboxylic acids is 1. The summed E-state index contributed by atoms with van der Waals surface area (Å²) in [4.78, 5) is 20.0. The number of methoxy groups -OCH3 is 1. The van der Waals surface area contributed by atoms with E-state index in [-0.39, 0.29) is 30.2 Å². The summed E-state index contributed by atoms with van der Waals surface area (Å²) in [5, 5.41) is 6.73. The summed E-state index contributed by atoms with van der Waals surface area (Å²) >= 11 is 0. The first-order valence-electron chi connectivity index (χ1n) is 11.1. The summed E-state index contributed by atoms with van der Waals surface area (Å²) in [5.74, 6) is 1.33. The van der Waals surface area contributed by atoms with Crippen LogP contribution in [-0.2, 0) is 16.1 Å². The minimum absolute atomic E-state index is 0.0129. The number of rotatable bonds is 7. The fourth-order valence-electron chi connectivity index (χ4n) is 4.04. The highest BCUT2D eigenvalue weighted by molar-refractivity contribution is 5.94. The van der Waals surface area contributed by atoms with Gasteiger partial charge in [0.15, 0.2) is 24.0 Å². The first kappa shape index (κ1) is 22.3. The van der Waals surface area contributed by atoms with Crippen LogP contribution in [0, 0.1) is 5.82 Å². The molecule has 2 aromatic heterocycles. The molecule has 178 valence electrons. The lowest BCUT2D eigenvalue weighted by molar-refractivity contribution is -0.118. The Hall–Kier alpha value is -3.50. The molecule has 0 radical (unpaired) electrons. The van der Waals surface area contributed by atoms with Crippen molar-refractivity contribution in [3.8, 4) is 17.2 Å². The molecule has 0 spiro atoms. The Kier molecular flexibility index (Phi) is 6.41. The molecule has 0 unspecified atom stereocenters. The van der Waals surface area contributed by atoms with Crippen molar-refractivity contribution < 1.29 is 28.1 Å². The van der Waals surface area contributed by atoms with Crippen LogP contribution in [0.15, 0.2) is 36.5 Å². The van der Waals surface area contributed by atoms with Gasteiger partial charge in [-0.15, -0.1) is 0 Å². The van der Waals surface area contributed by atoms with Crippen LogP contribution in [-0.4, -0.2) is 55.0 Å². The zero-order chi connectivity index (χ0) is 23.5. The van der Waals surface area contributed by atoms with E-state index in [4.69, 9.17) is 18.9 Å². The second kappa shape index (κ2) is 9.78. The summed E-state index contributed by atoms with van der Waals surface area (Å²) in [6, 6.07) is 8.61. The highest BCUT2D eigenvalue weighted by Gasteiger charge is 2.23. The van der Waals surface area contributed by atoms with E-state index < -0.39 is 5.82 Å². The number of hydrogen-bond acceptors (Lipinski definition) is 8. The van der Waals surface area contributed by atoms with Gasteiger partial charge in [0.1, 0.15) is 23.6 Å². The van der Waals surface area contributed by atoms with E-state index in [9.17, 15) is 9.18 Å². The third-order valence-electron chi connectivity index (χ3n) is 5.87. The minimum atomic E-state index is -0.453. The Morgan fingerprint density at radius 2 is 2.18 bits per heavy atom. The molecule has 10 heteroatoms. The predicted molar refractivity (Wildman–Crippen MR) is 122 cm³/mol. The van der Waals surface area contributed by atoms with Gasteiger partial charge in [0.05, 0.1) is 25.5 Å². The second-order valence-electron chi connectivity index (χ2n) is 8.22. The molecule has 1 fully saturated rings. The molecule has 0 saturated carbocycles. The van der Waals surface area contributed by atoms with Crippen LogP contribution in [0.2, 0.25) is 0 Å². The molecule has 1 saturated heterocycles. The van der Waals surface area contributed by atoms with Gasteiger partial charge in [-0.2, -0.15) is 0 Å². The Morgan fingerprint density at radius 1 is 1.26 bits per heavy atom. The molecule has 2 N–H and O–H groups in total. The number of ether oxygens (including phenoxy) is 4. The van der Waals surface area contributed by atoms with Crippen LogP contribution in [0.1, 0.15) is 18.5 Å². The largest absolute Gasteiger partial charge is 0.497 e. The first-order chi connectivity index (χ1) is 16.6. The van der Waals surface area contributed by atoms with Crippen molar-refractivity contribution in [2.24, 2.45) is 0 Å². The fourth-order valence-corrected chi connectivity index (χ4v) is 4.04. The standard InChI is InChI=1S/C24H25FN4O5/c1-31-17-8-18-20(6-7-26-23(18)19(25)9-17)33-12-16-4-2-15(11-32-16)27-10-14-3-5-21-24(28-14)29-22(30)13-34-21/h3,5-9,15-16,27H,2,4,10-13H2,1H3,(H,28,29,30)/t15-,16+/m1/s1. The average Bonchev–Trinajstić information content (AvgIpc) is 2.86. The Labute approximate surface area is 195 Å². The average molecular weight is 468 g/mol. The van der Waals surface area contributed by atoms with Gasteiger partial charge in [-0.05, 0) is 37.1 Å². The van der Waals surface area contributed by atoms with Crippen molar-refractivity contribution in [2.45, 2.75) is 31.5 Å². The summed E-state index contributed by atoms with van der Waals surface area (Å²) < 4.78 is 36.8. The molecule has 0 aliphatic carbocycles. The maximum Gasteiger partial charge on any atom is 0.263 e. The smallest absolute Gasteiger partial charge is 0.263 e. The fraction of sp³-hybridized carbons (Fsp3) is 0.375. The van der Waals surface area contributed by atoms with E-state index in [1.807, 2.05) is 12.1 Å². The molecule has 34 heavy (non-hydrogen) atoms. The maximum absolute atomic E-state index is 14.3. The lowest BCUT2D eigenvalue weighted by Gasteiger charge is -2.29. The Balaban J connectivity index is 1.12. The number of amides is 1. The number of anilines is 1. The van der Waals surface area contributed by atoms with E-state index in [1.54, 1.807) is 12.1 Å². The number of fused-ring (bicyclic) bond motifs is 2. The van der Waals surface area contributed by atoms with Gasteiger partial charge in [0.25, 0.3) is 5.91 Å². The molecule has 2 aliphatic heterocycles. The SMILES string of the molecule is COc1cc(F)c2nccc(OC[C@@H]3CC[C@@H](NCc4ccc5c(n4)NC(=O)CO5)CO3)c2c1. The van der Waals surface area contributed by atoms with Crippen LogP contribution >= 0.6 is 0 Å². The molecule has 2 atom stereocenters. The zero-order valence-corrected chi connectivity index (χ0v) is 18.7. The van der Waals surface area contributed by atoms with Gasteiger partial charge >= 0.3 is 0 Å². The van der Waals surface area contributed by atoms with Crippen molar-refractivity contribution in [1.82, 2.24) is 15.3 Å². The predicted octanol–water partition coefficient (Wildman–Crippen LogP) is 2.82. The lowest BCUT2D eigenvalue weighted by atomic mass is 10.1. The van der Waals surface area contributed by atoms with Crippen molar-refractivity contribution in [2.75, 3.05) is 32.2 Å². The van der Waals surface area contributed by atoms with Crippen LogP contribution in [0.25, 0.3) is 10.9 Å². The second-order valence-corrected chi connectivity index (χ2v) is 8.22. The molecule has 1 amide bonds. The highest BCUT2D eigenvalue weighted by atomic mass is 19.1. The summed E-state index contributed by atoms with van der Waals surface area (Å²) in [5.41, 5.74) is 1.05. The number of aromatic nitrogens is 2. The van der Waals surface area contributed by atoms with Gasteiger partial charge in [0, 0.05) is 30.2 Å². The molecular weight excluding hydrogens is 443 g/mol. The molecular formula is C24H25FN4O5. The number of nitrogens with zero attached hydrogens (tertiary/aromatic N) is 2. The van der Waals surface area contributed by atoms with Crippen LogP contribution in [0.3, 0.4) is 0 Å². The molecule has 4 heterocycles. The monoisotopic (exact) mass is 468 g/mol. The Bertz CT molecular complexity index is 1200. The third kappa shape index (κ3) is 4.87. The minimum Gasteiger partial charge on any atom is -0.497 e. The van der Waals surface area contributed by atoms with Crippen molar-refractivity contribution >= 4 is 22.6 Å². The van der Waals surface area contributed by atoms with E-state index in [0.29, 0.717) is 48.2 Å². The number of nitrogens with one attached hydrogen (secondary N) is 2. The van der Waals surface area contributed by atoms with E-state index in [0.717, 1.165) is 18.5 Å². The van der Waals surface area contributed by atoms with Crippen molar-refractivity contribution in [3.63, 3.8) is 0 Å². The van der Waals surface area contributed by atoms with Gasteiger partial charge < -0.3 is 29.6 Å². The summed E-state index contributed by atoms with van der Waals surface area (Å²) in [6.45, 7) is 1.46. The number of halogens is 1. The highest BCUT2D eigenvalue weighted by Crippen LogP contribution is 2.30. The molecule has 2 aliphatic rings. The van der Waals surface area contributed by atoms with Crippen molar-refractivity contribution in [1.29, 1.82) is 0 Å². The number of carbonyl (C=O) groups is 1. The molecule has 0 bridgehead atoms. The molecule has 3 aromatic rings. The normalized spacial score (nSPS) is 19.8. The van der Waals surface area contributed by atoms with Crippen LogP contribution in [0.4, 0.5) is 10.2 Å². The van der Waals surface area contributed by atoms with Gasteiger partial charge in [-0.1, -0.05) is 0 Å². The summed E-state index contributed by atoms with van der Waals surface area (Å²) in [6.07, 6.45) is 3.20. The summed E-state index contributed by atoms with van der Waals surface area (Å²) in [7, 11) is 1.49. The van der Waals surface area contributed by atoms with Gasteiger partial charge in [-0.3, -0.25) is 9.78 Å². The topological polar surface area (TPSA) is 104 Å². The van der Waals surface area contributed by atoms with E-state index in [2.05, 4.69) is 20.6 Å². The van der Waals surface area contributed by atoms with Crippen molar-refractivity contribution in [3.05, 3.63) is 48.0 Å². The number of pyridine rings is 2. The number of hydrogen-bond donors (Lipinski definition) is 2. The molecule has 1 aromatic carbocycles. The van der Waals surface area contributed by atoms with Gasteiger partial charge in [-0.25, -0.2) is 9.37 Å². The first-order valence-corrected chi connectivity index (χ1v) is 11.1. The number of benzene rings is 1. The van der Waals surface area contributed by atoms with Crippen LogP contribution < -0.4 is 24.8 Å². The Morgan fingerprint density at radius 3 is 3.00 bits per heavy atom. The van der Waals surface area contributed by atoms with E-state index in [1.165, 1.54) is 19.4 Å². The quantitative estimate of drug-likeness (QED) is 0.546. The zero-order valence-electron chi connectivity index (χ0n) is 18.7. The molecule has 5 rings (SSSR count). The van der Waals surface area contributed by atoms with E-state index >= 15 is 0 Å². The third-order valence-corrected chi connectivity index (χ3v) is 5.87.